The van der Waals surface area contributed by atoms with E-state index >= 15 is 0 Å². The van der Waals surface area contributed by atoms with Gasteiger partial charge in [0.15, 0.2) is 0 Å². The molecule has 2 aromatic carbocycles. The molecular weight excluding hydrogens is 589 g/mol. The Morgan fingerprint density at radius 1 is 0.818 bits per heavy atom. The summed E-state index contributed by atoms with van der Waals surface area (Å²) < 4.78 is 0. The molecule has 0 spiro atoms. The third-order valence-electron chi connectivity index (χ3n) is 5.35. The van der Waals surface area contributed by atoms with Gasteiger partial charge in [0.25, 0.3) is 0 Å². The molecule has 181 valence electrons. The molecule has 3 rings (SSSR count). The Balaban J connectivity index is 0.000000346. The summed E-state index contributed by atoms with van der Waals surface area (Å²) in [6.07, 6.45) is 1.36. The van der Waals surface area contributed by atoms with Crippen LogP contribution >= 0.6 is 0 Å². The number of aliphatic hydroxyl groups excluding tert-OH is 2. The summed E-state index contributed by atoms with van der Waals surface area (Å²) in [6, 6.07) is 21.2. The standard InChI is InChI=1S/C17H13N2.C11H24O2.Ir/c1-13-12-18-16(14-8-4-2-5-9-14)17(19-13)15-10-6-3-7-11-15;1-10(2,3)8(12)7-9(13)11(4,5)6;/h2-8,10-12H,1H3;8-9,12-13H,7H2,1-6H3;/q-1;;. The van der Waals surface area contributed by atoms with Crippen molar-refractivity contribution >= 4 is 0 Å². The van der Waals surface area contributed by atoms with E-state index in [1.807, 2.05) is 90.9 Å². The molecule has 0 saturated heterocycles. The molecule has 2 atom stereocenters. The summed E-state index contributed by atoms with van der Waals surface area (Å²) >= 11 is 0. The van der Waals surface area contributed by atoms with E-state index in [1.165, 1.54) is 0 Å². The minimum absolute atomic E-state index is 0. The fourth-order valence-corrected chi connectivity index (χ4v) is 2.93. The Hall–Kier alpha value is -1.91. The van der Waals surface area contributed by atoms with Crippen LogP contribution in [0.4, 0.5) is 0 Å². The molecule has 0 bridgehead atoms. The third kappa shape index (κ3) is 9.10. The maximum Gasteiger partial charge on any atom is 0.0613 e. The van der Waals surface area contributed by atoms with Crippen molar-refractivity contribution in [2.45, 2.75) is 67.1 Å². The first-order valence-corrected chi connectivity index (χ1v) is 11.1. The van der Waals surface area contributed by atoms with Gasteiger partial charge < -0.3 is 15.2 Å². The smallest absolute Gasteiger partial charge is 0.0613 e. The van der Waals surface area contributed by atoms with Gasteiger partial charge in [-0.05, 0) is 23.3 Å². The predicted molar refractivity (Wildman–Crippen MR) is 132 cm³/mol. The van der Waals surface area contributed by atoms with Crippen LogP contribution in [0.25, 0.3) is 22.5 Å². The van der Waals surface area contributed by atoms with Crippen molar-refractivity contribution in [3.8, 4) is 22.5 Å². The number of hydrogen-bond acceptors (Lipinski definition) is 4. The second-order valence-electron chi connectivity index (χ2n) is 10.4. The van der Waals surface area contributed by atoms with Crippen molar-refractivity contribution in [1.82, 2.24) is 9.97 Å². The summed E-state index contributed by atoms with van der Waals surface area (Å²) in [7, 11) is 0. The van der Waals surface area contributed by atoms with E-state index in [9.17, 15) is 10.2 Å². The van der Waals surface area contributed by atoms with Crippen molar-refractivity contribution in [1.29, 1.82) is 0 Å². The summed E-state index contributed by atoms with van der Waals surface area (Å²) in [6.45, 7) is 13.8. The van der Waals surface area contributed by atoms with Crippen LogP contribution in [0.5, 0.6) is 0 Å². The number of aromatic nitrogens is 2. The maximum atomic E-state index is 9.76. The number of hydrogen-bond donors (Lipinski definition) is 2. The minimum Gasteiger partial charge on any atom is -0.392 e. The molecule has 0 aliphatic heterocycles. The first-order valence-electron chi connectivity index (χ1n) is 11.1. The number of aliphatic hydroxyl groups is 2. The van der Waals surface area contributed by atoms with Gasteiger partial charge in [0.1, 0.15) is 0 Å². The van der Waals surface area contributed by atoms with Gasteiger partial charge in [-0.1, -0.05) is 71.9 Å². The van der Waals surface area contributed by atoms with Gasteiger partial charge >= 0.3 is 0 Å². The molecule has 0 aliphatic carbocycles. The normalized spacial score (nSPS) is 13.2. The molecule has 2 unspecified atom stereocenters. The van der Waals surface area contributed by atoms with Gasteiger partial charge in [0.05, 0.1) is 23.6 Å². The molecule has 0 saturated carbocycles. The first kappa shape index (κ1) is 29.1. The summed E-state index contributed by atoms with van der Waals surface area (Å²) in [5.74, 6) is 0. The number of benzene rings is 2. The zero-order chi connectivity index (χ0) is 23.9. The van der Waals surface area contributed by atoms with Crippen molar-refractivity contribution in [2.24, 2.45) is 10.8 Å². The van der Waals surface area contributed by atoms with Gasteiger partial charge in [-0.15, -0.1) is 35.9 Å². The Bertz CT molecular complexity index is 947. The molecular formula is C28H37IrN2O2-. The van der Waals surface area contributed by atoms with E-state index in [4.69, 9.17) is 0 Å². The summed E-state index contributed by atoms with van der Waals surface area (Å²) in [4.78, 5) is 9.17. The zero-order valence-electron chi connectivity index (χ0n) is 20.8. The van der Waals surface area contributed by atoms with E-state index in [2.05, 4.69) is 28.2 Å². The topological polar surface area (TPSA) is 66.2 Å². The maximum absolute atomic E-state index is 9.76. The molecule has 4 nitrogen and oxygen atoms in total. The van der Waals surface area contributed by atoms with Crippen LogP contribution in [-0.4, -0.2) is 32.4 Å². The van der Waals surface area contributed by atoms with E-state index in [0.717, 1.165) is 28.2 Å². The van der Waals surface area contributed by atoms with Crippen molar-refractivity contribution in [2.75, 3.05) is 0 Å². The number of nitrogens with zero attached hydrogens (tertiary/aromatic N) is 2. The van der Waals surface area contributed by atoms with Crippen LogP contribution in [-0.2, 0) is 20.1 Å². The molecule has 1 aromatic heterocycles. The molecule has 1 heterocycles. The Labute approximate surface area is 212 Å². The molecule has 2 N–H and O–H groups in total. The number of rotatable bonds is 4. The van der Waals surface area contributed by atoms with Crippen LogP contribution in [0.3, 0.4) is 0 Å². The summed E-state index contributed by atoms with van der Waals surface area (Å²) in [5, 5.41) is 19.5. The Morgan fingerprint density at radius 2 is 1.36 bits per heavy atom. The third-order valence-corrected chi connectivity index (χ3v) is 5.35. The Morgan fingerprint density at radius 3 is 1.85 bits per heavy atom. The van der Waals surface area contributed by atoms with Crippen LogP contribution in [0.1, 0.15) is 53.7 Å². The zero-order valence-corrected chi connectivity index (χ0v) is 23.2. The van der Waals surface area contributed by atoms with Gasteiger partial charge in [0, 0.05) is 38.4 Å². The van der Waals surface area contributed by atoms with Crippen molar-refractivity contribution in [3.05, 3.63) is 72.6 Å². The van der Waals surface area contributed by atoms with Gasteiger partial charge in [0.2, 0.25) is 0 Å². The van der Waals surface area contributed by atoms with Crippen LogP contribution < -0.4 is 0 Å². The first-order chi connectivity index (χ1) is 14.9. The molecule has 0 fully saturated rings. The monoisotopic (exact) mass is 626 g/mol. The summed E-state index contributed by atoms with van der Waals surface area (Å²) in [5.41, 5.74) is 4.44. The largest absolute Gasteiger partial charge is 0.392 e. The average Bonchev–Trinajstić information content (AvgIpc) is 2.74. The fraction of sp³-hybridized carbons (Fsp3) is 0.429. The van der Waals surface area contributed by atoms with Crippen molar-refractivity contribution in [3.63, 3.8) is 0 Å². The van der Waals surface area contributed by atoms with Crippen LogP contribution in [0.2, 0.25) is 0 Å². The molecule has 33 heavy (non-hydrogen) atoms. The van der Waals surface area contributed by atoms with Crippen LogP contribution in [0.15, 0.2) is 60.8 Å². The van der Waals surface area contributed by atoms with Crippen LogP contribution in [0, 0.1) is 23.8 Å². The molecule has 5 heteroatoms. The average molecular weight is 626 g/mol. The minimum atomic E-state index is -0.443. The van der Waals surface area contributed by atoms with Crippen molar-refractivity contribution < 1.29 is 30.3 Å². The second kappa shape index (κ2) is 12.5. The fourth-order valence-electron chi connectivity index (χ4n) is 2.93. The Kier molecular flexibility index (Phi) is 11.1. The second-order valence-corrected chi connectivity index (χ2v) is 10.4. The predicted octanol–water partition coefficient (Wildman–Crippen LogP) is 6.11. The van der Waals surface area contributed by atoms with Gasteiger partial charge in [-0.3, -0.25) is 4.98 Å². The van der Waals surface area contributed by atoms with E-state index in [1.54, 1.807) is 6.20 Å². The number of aryl methyl sites for hydroxylation is 1. The van der Waals surface area contributed by atoms with E-state index < -0.39 is 12.2 Å². The molecule has 0 amide bonds. The quantitative estimate of drug-likeness (QED) is 0.344. The van der Waals surface area contributed by atoms with E-state index in [0.29, 0.717) is 6.42 Å². The molecule has 1 radical (unpaired) electrons. The van der Waals surface area contributed by atoms with E-state index in [-0.39, 0.29) is 30.9 Å². The molecule has 3 aromatic rings. The van der Waals surface area contributed by atoms with Gasteiger partial charge in [-0.25, -0.2) is 0 Å². The molecule has 0 aliphatic rings. The SMILES string of the molecule is CC(C)(C)C(O)CC(O)C(C)(C)C.Cc1cnc(-c2[c-]cccc2)c(-c2ccccc2)n1.[Ir]. The van der Waals surface area contributed by atoms with Gasteiger partial charge in [-0.2, -0.15) is 0 Å².